The molecule has 3 heterocycles. The van der Waals surface area contributed by atoms with Crippen LogP contribution in [0, 0.1) is 0 Å². The predicted octanol–water partition coefficient (Wildman–Crippen LogP) is 2.39. The van der Waals surface area contributed by atoms with Crippen molar-refractivity contribution in [2.24, 2.45) is 0 Å². The highest BCUT2D eigenvalue weighted by Gasteiger charge is 2.31. The van der Waals surface area contributed by atoms with Gasteiger partial charge in [0.15, 0.2) is 5.13 Å². The maximum absolute atomic E-state index is 12.6. The zero-order chi connectivity index (χ0) is 19.3. The molecule has 0 bridgehead atoms. The van der Waals surface area contributed by atoms with E-state index in [-0.39, 0.29) is 17.9 Å². The Kier molecular flexibility index (Phi) is 5.99. The van der Waals surface area contributed by atoms with E-state index >= 15 is 0 Å². The Labute approximate surface area is 168 Å². The molecule has 1 N–H and O–H groups in total. The van der Waals surface area contributed by atoms with Crippen molar-refractivity contribution in [2.75, 3.05) is 44.7 Å². The van der Waals surface area contributed by atoms with Crippen LogP contribution in [0.25, 0.3) is 0 Å². The SMILES string of the molecule is O=C(Nc1nc([C@@H]2CCCN2CC(=O)N2CCOCC2)cs1)c1ccccc1. The molecule has 2 aromatic rings. The molecule has 2 aliphatic rings. The Morgan fingerprint density at radius 3 is 2.75 bits per heavy atom. The molecule has 2 saturated heterocycles. The number of carbonyl (C=O) groups is 2. The number of anilines is 1. The van der Waals surface area contributed by atoms with Crippen LogP contribution in [-0.4, -0.2) is 66.0 Å². The van der Waals surface area contributed by atoms with Crippen LogP contribution in [0.15, 0.2) is 35.7 Å². The predicted molar refractivity (Wildman–Crippen MR) is 107 cm³/mol. The van der Waals surface area contributed by atoms with Gasteiger partial charge >= 0.3 is 0 Å². The molecule has 0 aliphatic carbocycles. The van der Waals surface area contributed by atoms with Crippen LogP contribution in [0.4, 0.5) is 5.13 Å². The minimum atomic E-state index is -0.160. The fourth-order valence-corrected chi connectivity index (χ4v) is 4.44. The molecule has 0 saturated carbocycles. The number of ether oxygens (including phenoxy) is 1. The fourth-order valence-electron chi connectivity index (χ4n) is 3.69. The molecule has 28 heavy (non-hydrogen) atoms. The number of nitrogens with zero attached hydrogens (tertiary/aromatic N) is 3. The Morgan fingerprint density at radius 1 is 1.18 bits per heavy atom. The van der Waals surface area contributed by atoms with Gasteiger partial charge in [-0.05, 0) is 31.5 Å². The standard InChI is InChI=1S/C20H24N4O3S/c25-18(23-9-11-27-12-10-23)13-24-8-4-7-17(24)16-14-28-20(21-16)22-19(26)15-5-2-1-3-6-15/h1-3,5-6,14,17H,4,7-13H2,(H,21,22,26)/t17-/m0/s1. The van der Waals surface area contributed by atoms with Gasteiger partial charge in [0.1, 0.15) is 0 Å². The van der Waals surface area contributed by atoms with Crippen molar-refractivity contribution in [3.05, 3.63) is 47.0 Å². The zero-order valence-corrected chi connectivity index (χ0v) is 16.5. The van der Waals surface area contributed by atoms with Crippen LogP contribution in [0.3, 0.4) is 0 Å². The van der Waals surface area contributed by atoms with Gasteiger partial charge in [0.05, 0.1) is 31.5 Å². The first-order chi connectivity index (χ1) is 13.7. The van der Waals surface area contributed by atoms with Gasteiger partial charge in [0.2, 0.25) is 5.91 Å². The lowest BCUT2D eigenvalue weighted by Crippen LogP contribution is -2.45. The molecule has 1 aromatic carbocycles. The molecule has 4 rings (SSSR count). The van der Waals surface area contributed by atoms with Crippen LogP contribution < -0.4 is 5.32 Å². The van der Waals surface area contributed by atoms with Crippen molar-refractivity contribution in [1.82, 2.24) is 14.8 Å². The van der Waals surface area contributed by atoms with E-state index in [2.05, 4.69) is 15.2 Å². The lowest BCUT2D eigenvalue weighted by atomic mass is 10.1. The lowest BCUT2D eigenvalue weighted by Gasteiger charge is -2.30. The minimum absolute atomic E-state index is 0.128. The summed E-state index contributed by atoms with van der Waals surface area (Å²) in [5.74, 6) is -0.00435. The van der Waals surface area contributed by atoms with Gasteiger partial charge in [-0.1, -0.05) is 18.2 Å². The summed E-state index contributed by atoms with van der Waals surface area (Å²) in [6.45, 7) is 3.88. The van der Waals surface area contributed by atoms with Gasteiger partial charge < -0.3 is 9.64 Å². The highest BCUT2D eigenvalue weighted by Crippen LogP contribution is 2.33. The van der Waals surface area contributed by atoms with Crippen molar-refractivity contribution in [3.8, 4) is 0 Å². The summed E-state index contributed by atoms with van der Waals surface area (Å²) in [6, 6.07) is 9.24. The third-order valence-corrected chi connectivity index (χ3v) is 5.96. The number of carbonyl (C=O) groups excluding carboxylic acids is 2. The van der Waals surface area contributed by atoms with Crippen molar-refractivity contribution in [2.45, 2.75) is 18.9 Å². The quantitative estimate of drug-likeness (QED) is 0.834. The number of thiazole rings is 1. The number of benzene rings is 1. The molecule has 2 amide bonds. The van der Waals surface area contributed by atoms with Gasteiger partial charge in [0.25, 0.3) is 5.91 Å². The summed E-state index contributed by atoms with van der Waals surface area (Å²) in [4.78, 5) is 33.6. The van der Waals surface area contributed by atoms with Crippen LogP contribution in [0.1, 0.15) is 34.9 Å². The molecule has 0 radical (unpaired) electrons. The normalized spacial score (nSPS) is 20.3. The minimum Gasteiger partial charge on any atom is -0.378 e. The first-order valence-electron chi connectivity index (χ1n) is 9.62. The number of likely N-dealkylation sites (tertiary alicyclic amines) is 1. The van der Waals surface area contributed by atoms with E-state index in [1.54, 1.807) is 12.1 Å². The number of nitrogens with one attached hydrogen (secondary N) is 1. The van der Waals surface area contributed by atoms with Gasteiger partial charge in [-0.15, -0.1) is 11.3 Å². The maximum atomic E-state index is 12.6. The maximum Gasteiger partial charge on any atom is 0.257 e. The van der Waals surface area contributed by atoms with Crippen LogP contribution >= 0.6 is 11.3 Å². The molecule has 0 spiro atoms. The highest BCUT2D eigenvalue weighted by atomic mass is 32.1. The smallest absolute Gasteiger partial charge is 0.257 e. The lowest BCUT2D eigenvalue weighted by molar-refractivity contribution is -0.136. The zero-order valence-electron chi connectivity index (χ0n) is 15.7. The number of morpholine rings is 1. The second-order valence-electron chi connectivity index (χ2n) is 7.02. The Hall–Kier alpha value is -2.29. The van der Waals surface area contributed by atoms with Crippen molar-refractivity contribution < 1.29 is 14.3 Å². The molecule has 1 atom stereocenters. The first kappa shape index (κ1) is 19.0. The molecule has 0 unspecified atom stereocenters. The first-order valence-corrected chi connectivity index (χ1v) is 10.5. The largest absolute Gasteiger partial charge is 0.378 e. The van der Waals surface area contributed by atoms with E-state index in [0.717, 1.165) is 25.1 Å². The third kappa shape index (κ3) is 4.40. The van der Waals surface area contributed by atoms with Crippen molar-refractivity contribution in [1.29, 1.82) is 0 Å². The van der Waals surface area contributed by atoms with Gasteiger partial charge in [-0.25, -0.2) is 4.98 Å². The van der Waals surface area contributed by atoms with Gasteiger partial charge in [-0.3, -0.25) is 19.8 Å². The molecule has 148 valence electrons. The topological polar surface area (TPSA) is 74.8 Å². The van der Waals surface area contributed by atoms with Crippen LogP contribution in [0.2, 0.25) is 0 Å². The van der Waals surface area contributed by atoms with E-state index in [1.807, 2.05) is 28.5 Å². The molecule has 1 aromatic heterocycles. The second-order valence-corrected chi connectivity index (χ2v) is 7.88. The average molecular weight is 401 g/mol. The number of hydrogen-bond acceptors (Lipinski definition) is 6. The number of amides is 2. The van der Waals surface area contributed by atoms with Crippen molar-refractivity contribution in [3.63, 3.8) is 0 Å². The Morgan fingerprint density at radius 2 is 1.96 bits per heavy atom. The van der Waals surface area contributed by atoms with Crippen molar-refractivity contribution >= 4 is 28.3 Å². The summed E-state index contributed by atoms with van der Waals surface area (Å²) in [7, 11) is 0. The van der Waals surface area contributed by atoms with E-state index < -0.39 is 0 Å². The summed E-state index contributed by atoms with van der Waals surface area (Å²) >= 11 is 1.43. The third-order valence-electron chi connectivity index (χ3n) is 5.19. The highest BCUT2D eigenvalue weighted by molar-refractivity contribution is 7.14. The second kappa shape index (κ2) is 8.81. The molecule has 7 nitrogen and oxygen atoms in total. The monoisotopic (exact) mass is 400 g/mol. The summed E-state index contributed by atoms with van der Waals surface area (Å²) < 4.78 is 5.33. The number of aromatic nitrogens is 1. The summed E-state index contributed by atoms with van der Waals surface area (Å²) in [6.07, 6.45) is 2.02. The number of hydrogen-bond donors (Lipinski definition) is 1. The Bertz CT molecular complexity index is 820. The molecular weight excluding hydrogens is 376 g/mol. The molecular formula is C20H24N4O3S. The molecule has 2 fully saturated rings. The number of rotatable bonds is 5. The van der Waals surface area contributed by atoms with Crippen LogP contribution in [-0.2, 0) is 9.53 Å². The molecule has 8 heteroatoms. The Balaban J connectivity index is 1.38. The van der Waals surface area contributed by atoms with E-state index in [9.17, 15) is 9.59 Å². The van der Waals surface area contributed by atoms with E-state index in [0.29, 0.717) is 43.5 Å². The fraction of sp³-hybridized carbons (Fsp3) is 0.450. The summed E-state index contributed by atoms with van der Waals surface area (Å²) in [5, 5.41) is 5.45. The van der Waals surface area contributed by atoms with E-state index in [1.165, 1.54) is 11.3 Å². The van der Waals surface area contributed by atoms with E-state index in [4.69, 9.17) is 4.74 Å². The molecule has 2 aliphatic heterocycles. The van der Waals surface area contributed by atoms with Gasteiger partial charge in [-0.2, -0.15) is 0 Å². The summed E-state index contributed by atoms with van der Waals surface area (Å²) in [5.41, 5.74) is 1.54. The average Bonchev–Trinajstić information content (AvgIpc) is 3.38. The van der Waals surface area contributed by atoms with Crippen LogP contribution in [0.5, 0.6) is 0 Å². The van der Waals surface area contributed by atoms with Gasteiger partial charge in [0, 0.05) is 24.0 Å².